The third kappa shape index (κ3) is 3.56. The maximum Gasteiger partial charge on any atom is 0.312 e. The number of fused-ring (bicyclic) bond motifs is 1. The highest BCUT2D eigenvalue weighted by Gasteiger charge is 2.21. The number of carbonyl (C=O) groups excluding carboxylic acids is 2. The summed E-state index contributed by atoms with van der Waals surface area (Å²) in [5, 5.41) is 5.24. The molecule has 0 bridgehead atoms. The molecular weight excluding hydrogens is 298 g/mol. The van der Waals surface area contributed by atoms with Gasteiger partial charge in [-0.15, -0.1) is 0 Å². The topological polar surface area (TPSA) is 81.5 Å². The van der Waals surface area contributed by atoms with Crippen LogP contribution in [-0.4, -0.2) is 46.8 Å². The number of aryl methyl sites for hydroxylation is 1. The lowest BCUT2D eigenvalue weighted by molar-refractivity contribution is -0.157. The minimum absolute atomic E-state index is 0.111. The first-order chi connectivity index (χ1) is 10.8. The van der Waals surface area contributed by atoms with Gasteiger partial charge in [-0.3, -0.25) is 14.4 Å². The Morgan fingerprint density at radius 3 is 2.48 bits per heavy atom. The molecule has 23 heavy (non-hydrogen) atoms. The monoisotopic (exact) mass is 317 g/mol. The van der Waals surface area contributed by atoms with Crippen molar-refractivity contribution in [2.24, 2.45) is 7.05 Å². The van der Waals surface area contributed by atoms with Crippen LogP contribution in [0.5, 0.6) is 0 Å². The van der Waals surface area contributed by atoms with Crippen molar-refractivity contribution in [1.82, 2.24) is 14.7 Å². The molecule has 2 rings (SSSR count). The molecule has 1 aromatic heterocycles. The molecule has 0 saturated heterocycles. The molecule has 1 aromatic carbocycles. The number of amides is 1. The van der Waals surface area contributed by atoms with E-state index in [-0.39, 0.29) is 17.9 Å². The molecule has 0 saturated carbocycles. The van der Waals surface area contributed by atoms with E-state index in [1.54, 1.807) is 38.4 Å². The van der Waals surface area contributed by atoms with Gasteiger partial charge in [0.1, 0.15) is 0 Å². The molecule has 0 aliphatic rings. The maximum atomic E-state index is 12.1. The zero-order chi connectivity index (χ0) is 17.1. The van der Waals surface area contributed by atoms with Gasteiger partial charge in [-0.05, 0) is 13.0 Å². The molecule has 0 radical (unpaired) electrons. The zero-order valence-electron chi connectivity index (χ0n) is 13.6. The third-order valence-corrected chi connectivity index (χ3v) is 3.44. The van der Waals surface area contributed by atoms with E-state index in [2.05, 4.69) is 5.10 Å². The molecule has 0 N–H and O–H groups in total. The van der Waals surface area contributed by atoms with Gasteiger partial charge in [-0.25, -0.2) is 4.68 Å². The van der Waals surface area contributed by atoms with Gasteiger partial charge < -0.3 is 9.64 Å². The number of carbonyl (C=O) groups is 2. The fraction of sp³-hybridized carbons (Fsp3) is 0.375. The van der Waals surface area contributed by atoms with Crippen molar-refractivity contribution in [3.8, 4) is 0 Å². The molecule has 122 valence electrons. The van der Waals surface area contributed by atoms with Gasteiger partial charge >= 0.3 is 5.97 Å². The van der Waals surface area contributed by atoms with Gasteiger partial charge in [0.2, 0.25) is 0 Å². The van der Waals surface area contributed by atoms with Gasteiger partial charge in [0.25, 0.3) is 11.5 Å². The summed E-state index contributed by atoms with van der Waals surface area (Å²) in [6, 6.07) is 6.95. The lowest BCUT2D eigenvalue weighted by atomic mass is 10.1. The molecule has 2 aromatic rings. The highest BCUT2D eigenvalue weighted by atomic mass is 16.5. The number of hydrogen-bond acceptors (Lipinski definition) is 5. The molecule has 0 spiro atoms. The second-order valence-corrected chi connectivity index (χ2v) is 5.46. The molecule has 7 nitrogen and oxygen atoms in total. The van der Waals surface area contributed by atoms with Crippen LogP contribution in [0.2, 0.25) is 0 Å². The van der Waals surface area contributed by atoms with Gasteiger partial charge in [-0.1, -0.05) is 18.2 Å². The molecule has 1 amide bonds. The van der Waals surface area contributed by atoms with E-state index < -0.39 is 12.1 Å². The number of rotatable bonds is 4. The van der Waals surface area contributed by atoms with Crippen molar-refractivity contribution in [2.75, 3.05) is 14.1 Å². The van der Waals surface area contributed by atoms with Gasteiger partial charge in [0.15, 0.2) is 6.10 Å². The molecular formula is C16H19N3O4. The summed E-state index contributed by atoms with van der Waals surface area (Å²) in [6.45, 7) is 1.52. The predicted molar refractivity (Wildman–Crippen MR) is 84.9 cm³/mol. The Bertz CT molecular complexity index is 811. The lowest BCUT2D eigenvalue weighted by Gasteiger charge is -2.17. The van der Waals surface area contributed by atoms with Crippen molar-refractivity contribution >= 4 is 22.6 Å². The summed E-state index contributed by atoms with van der Waals surface area (Å²) in [7, 11) is 4.71. The Kier molecular flexibility index (Phi) is 4.78. The standard InChI is InChI=1S/C16H19N3O4/c1-10(15(21)18(2)3)23-14(20)9-13-11-7-5-6-8-12(11)16(22)19(4)17-13/h5-8,10H,9H2,1-4H3/t10-/m1/s1. The van der Waals surface area contributed by atoms with Crippen LogP contribution in [0.1, 0.15) is 12.6 Å². The Balaban J connectivity index is 2.25. The minimum atomic E-state index is -0.865. The average molecular weight is 317 g/mol. The van der Waals surface area contributed by atoms with Crippen LogP contribution >= 0.6 is 0 Å². The molecule has 1 heterocycles. The summed E-state index contributed by atoms with van der Waals surface area (Å²) < 4.78 is 6.33. The molecule has 0 aliphatic heterocycles. The Hall–Kier alpha value is -2.70. The first-order valence-electron chi connectivity index (χ1n) is 7.17. The second-order valence-electron chi connectivity index (χ2n) is 5.46. The number of ether oxygens (including phenoxy) is 1. The first kappa shape index (κ1) is 16.7. The fourth-order valence-electron chi connectivity index (χ4n) is 2.30. The van der Waals surface area contributed by atoms with E-state index in [0.717, 1.165) is 0 Å². The van der Waals surface area contributed by atoms with Crippen molar-refractivity contribution in [3.63, 3.8) is 0 Å². The zero-order valence-corrected chi connectivity index (χ0v) is 13.6. The van der Waals surface area contributed by atoms with Gasteiger partial charge in [0, 0.05) is 26.5 Å². The Morgan fingerprint density at radius 2 is 1.87 bits per heavy atom. The van der Waals surface area contributed by atoms with E-state index in [1.165, 1.54) is 23.6 Å². The van der Waals surface area contributed by atoms with E-state index in [1.807, 2.05) is 0 Å². The van der Waals surface area contributed by atoms with Crippen molar-refractivity contribution in [2.45, 2.75) is 19.4 Å². The summed E-state index contributed by atoms with van der Waals surface area (Å²) >= 11 is 0. The van der Waals surface area contributed by atoms with Crippen LogP contribution in [0.4, 0.5) is 0 Å². The van der Waals surface area contributed by atoms with E-state index in [4.69, 9.17) is 4.74 Å². The summed E-state index contributed by atoms with van der Waals surface area (Å²) in [5.41, 5.74) is 0.214. The fourth-order valence-corrected chi connectivity index (χ4v) is 2.30. The lowest BCUT2D eigenvalue weighted by Crippen LogP contribution is -2.35. The van der Waals surface area contributed by atoms with Crippen molar-refractivity contribution in [1.29, 1.82) is 0 Å². The van der Waals surface area contributed by atoms with Gasteiger partial charge in [-0.2, -0.15) is 5.10 Å². The van der Waals surface area contributed by atoms with E-state index in [9.17, 15) is 14.4 Å². The maximum absolute atomic E-state index is 12.1. The quantitative estimate of drug-likeness (QED) is 0.767. The van der Waals surface area contributed by atoms with Crippen LogP contribution in [0.15, 0.2) is 29.1 Å². The number of esters is 1. The number of aromatic nitrogens is 2. The number of likely N-dealkylation sites (N-methyl/N-ethyl adjacent to an activating group) is 1. The van der Waals surface area contributed by atoms with Crippen molar-refractivity contribution < 1.29 is 14.3 Å². The van der Waals surface area contributed by atoms with Crippen LogP contribution in [0.3, 0.4) is 0 Å². The minimum Gasteiger partial charge on any atom is -0.452 e. The van der Waals surface area contributed by atoms with E-state index >= 15 is 0 Å². The molecule has 0 aliphatic carbocycles. The smallest absolute Gasteiger partial charge is 0.312 e. The molecule has 7 heteroatoms. The SMILES string of the molecule is C[C@@H](OC(=O)Cc1nn(C)c(=O)c2ccccc12)C(=O)N(C)C. The number of nitrogens with zero attached hydrogens (tertiary/aromatic N) is 3. The summed E-state index contributed by atoms with van der Waals surface area (Å²) in [4.78, 5) is 37.2. The Morgan fingerprint density at radius 1 is 1.26 bits per heavy atom. The third-order valence-electron chi connectivity index (χ3n) is 3.44. The second kappa shape index (κ2) is 6.60. The van der Waals surface area contributed by atoms with Crippen LogP contribution in [0.25, 0.3) is 10.8 Å². The predicted octanol–water partition coefficient (Wildman–Crippen LogP) is 0.496. The van der Waals surface area contributed by atoms with Gasteiger partial charge in [0.05, 0.1) is 17.5 Å². The number of hydrogen-bond donors (Lipinski definition) is 0. The normalized spacial score (nSPS) is 12.0. The van der Waals surface area contributed by atoms with Crippen LogP contribution < -0.4 is 5.56 Å². The molecule has 0 fully saturated rings. The highest BCUT2D eigenvalue weighted by molar-refractivity contribution is 5.88. The van der Waals surface area contributed by atoms with E-state index in [0.29, 0.717) is 16.5 Å². The van der Waals surface area contributed by atoms with Crippen LogP contribution in [0, 0.1) is 0 Å². The molecule has 1 atom stereocenters. The summed E-state index contributed by atoms with van der Waals surface area (Å²) in [5.74, 6) is -0.861. The van der Waals surface area contributed by atoms with Crippen molar-refractivity contribution in [3.05, 3.63) is 40.3 Å². The average Bonchev–Trinajstić information content (AvgIpc) is 2.51. The highest BCUT2D eigenvalue weighted by Crippen LogP contribution is 2.14. The largest absolute Gasteiger partial charge is 0.452 e. The first-order valence-corrected chi connectivity index (χ1v) is 7.17. The Labute approximate surface area is 133 Å². The number of benzene rings is 1. The molecule has 0 unspecified atom stereocenters. The summed E-state index contributed by atoms with van der Waals surface area (Å²) in [6.07, 6.45) is -0.976. The van der Waals surface area contributed by atoms with Crippen LogP contribution in [-0.2, 0) is 27.8 Å².